The molecule has 1 aromatic carbocycles. The van der Waals surface area contributed by atoms with Crippen LogP contribution in [0.2, 0.25) is 5.02 Å². The van der Waals surface area contributed by atoms with Crippen LogP contribution in [0.5, 0.6) is 5.75 Å². The van der Waals surface area contributed by atoms with Gasteiger partial charge < -0.3 is 19.5 Å². The van der Waals surface area contributed by atoms with Gasteiger partial charge in [0.2, 0.25) is 0 Å². The number of Topliss-reactive ketones (excluding diaryl/α,β-unsaturated/α-hetero) is 1. The van der Waals surface area contributed by atoms with Crippen molar-refractivity contribution in [2.45, 2.75) is 6.04 Å². The van der Waals surface area contributed by atoms with E-state index >= 15 is 0 Å². The highest BCUT2D eigenvalue weighted by molar-refractivity contribution is 7.10. The number of ether oxygens (including phenoxy) is 2. The second-order valence-electron chi connectivity index (χ2n) is 7.31. The molecule has 0 radical (unpaired) electrons. The highest BCUT2D eigenvalue weighted by atomic mass is 35.5. The van der Waals surface area contributed by atoms with Gasteiger partial charge in [0, 0.05) is 36.6 Å². The van der Waals surface area contributed by atoms with Gasteiger partial charge in [0.05, 0.1) is 37.0 Å². The molecule has 0 unspecified atom stereocenters. The minimum Gasteiger partial charge on any atom is -0.507 e. The average Bonchev–Trinajstić information content (AvgIpc) is 3.40. The molecule has 3 heterocycles. The Labute approximate surface area is 189 Å². The number of halogens is 1. The number of methoxy groups -OCH3 is 1. The number of benzene rings is 1. The molecule has 1 atom stereocenters. The van der Waals surface area contributed by atoms with Gasteiger partial charge in [-0.3, -0.25) is 14.5 Å². The summed E-state index contributed by atoms with van der Waals surface area (Å²) < 4.78 is 10.5. The van der Waals surface area contributed by atoms with Crippen LogP contribution < -0.4 is 4.74 Å². The molecular formula is C22H23ClN2O5S. The summed E-state index contributed by atoms with van der Waals surface area (Å²) >= 11 is 7.66. The van der Waals surface area contributed by atoms with Crippen LogP contribution in [0.15, 0.2) is 41.3 Å². The summed E-state index contributed by atoms with van der Waals surface area (Å²) in [6, 6.07) is 7.87. The number of nitrogens with zero attached hydrogens (tertiary/aromatic N) is 2. The number of thiophene rings is 1. The summed E-state index contributed by atoms with van der Waals surface area (Å²) in [7, 11) is 1.50. The SMILES string of the molecule is COc1ccc(/C(O)=C2\C(=O)C(=O)N(CCN3CCOCC3)[C@@H]2c2cccs2)cc1Cl. The number of morpholine rings is 1. The summed E-state index contributed by atoms with van der Waals surface area (Å²) in [5, 5.41) is 13.3. The van der Waals surface area contributed by atoms with Gasteiger partial charge in [-0.1, -0.05) is 17.7 Å². The van der Waals surface area contributed by atoms with Gasteiger partial charge in [-0.15, -0.1) is 11.3 Å². The second-order valence-corrected chi connectivity index (χ2v) is 8.70. The fourth-order valence-electron chi connectivity index (χ4n) is 3.90. The van der Waals surface area contributed by atoms with Crippen molar-refractivity contribution in [2.75, 3.05) is 46.5 Å². The molecule has 4 rings (SSSR count). The molecule has 1 aromatic heterocycles. The number of amides is 1. The van der Waals surface area contributed by atoms with Crippen LogP contribution in [-0.4, -0.2) is 73.1 Å². The van der Waals surface area contributed by atoms with Crippen LogP contribution in [0.25, 0.3) is 5.76 Å². The van der Waals surface area contributed by atoms with Gasteiger partial charge in [0.15, 0.2) is 0 Å². The van der Waals surface area contributed by atoms with Crippen LogP contribution >= 0.6 is 22.9 Å². The summed E-state index contributed by atoms with van der Waals surface area (Å²) in [4.78, 5) is 30.5. The molecule has 2 saturated heterocycles. The highest BCUT2D eigenvalue weighted by Gasteiger charge is 2.46. The van der Waals surface area contributed by atoms with Gasteiger partial charge >= 0.3 is 0 Å². The number of likely N-dealkylation sites (tertiary alicyclic amines) is 1. The van der Waals surface area contributed by atoms with E-state index in [4.69, 9.17) is 21.1 Å². The Bertz CT molecular complexity index is 1000. The topological polar surface area (TPSA) is 79.3 Å². The summed E-state index contributed by atoms with van der Waals surface area (Å²) in [5.41, 5.74) is 0.439. The van der Waals surface area contributed by atoms with Crippen molar-refractivity contribution in [2.24, 2.45) is 0 Å². The zero-order chi connectivity index (χ0) is 22.0. The van der Waals surface area contributed by atoms with Crippen LogP contribution in [0, 0.1) is 0 Å². The van der Waals surface area contributed by atoms with E-state index in [0.717, 1.165) is 18.0 Å². The van der Waals surface area contributed by atoms with Crippen LogP contribution in [-0.2, 0) is 14.3 Å². The van der Waals surface area contributed by atoms with Crippen molar-refractivity contribution < 1.29 is 24.2 Å². The molecule has 7 nitrogen and oxygen atoms in total. The van der Waals surface area contributed by atoms with Crippen molar-refractivity contribution in [1.82, 2.24) is 9.80 Å². The first-order valence-electron chi connectivity index (χ1n) is 9.97. The number of ketones is 1. The van der Waals surface area contributed by atoms with Gasteiger partial charge in [0.1, 0.15) is 11.5 Å². The zero-order valence-corrected chi connectivity index (χ0v) is 18.6. The number of hydrogen-bond acceptors (Lipinski definition) is 7. The van der Waals surface area contributed by atoms with Crippen molar-refractivity contribution in [3.05, 3.63) is 56.7 Å². The minimum absolute atomic E-state index is 0.0793. The largest absolute Gasteiger partial charge is 0.507 e. The van der Waals surface area contributed by atoms with E-state index in [0.29, 0.717) is 42.6 Å². The minimum atomic E-state index is -0.690. The summed E-state index contributed by atoms with van der Waals surface area (Å²) in [6.45, 7) is 3.91. The molecule has 164 valence electrons. The highest BCUT2D eigenvalue weighted by Crippen LogP contribution is 2.41. The number of aliphatic hydroxyl groups is 1. The van der Waals surface area contributed by atoms with E-state index in [-0.39, 0.29) is 11.3 Å². The predicted octanol–water partition coefficient (Wildman–Crippen LogP) is 3.16. The van der Waals surface area contributed by atoms with Gasteiger partial charge in [0.25, 0.3) is 11.7 Å². The normalized spacial score (nSPS) is 21.6. The fourth-order valence-corrected chi connectivity index (χ4v) is 5.00. The quantitative estimate of drug-likeness (QED) is 0.403. The third kappa shape index (κ3) is 4.34. The van der Waals surface area contributed by atoms with E-state index in [9.17, 15) is 14.7 Å². The van der Waals surface area contributed by atoms with E-state index < -0.39 is 17.7 Å². The Kier molecular flexibility index (Phi) is 6.62. The lowest BCUT2D eigenvalue weighted by Crippen LogP contribution is -2.42. The van der Waals surface area contributed by atoms with Gasteiger partial charge in [-0.25, -0.2) is 0 Å². The average molecular weight is 463 g/mol. The van der Waals surface area contributed by atoms with E-state index in [1.54, 1.807) is 17.0 Å². The van der Waals surface area contributed by atoms with Crippen molar-refractivity contribution in [3.8, 4) is 5.75 Å². The molecule has 2 fully saturated rings. The first-order valence-corrected chi connectivity index (χ1v) is 11.2. The Morgan fingerprint density at radius 2 is 2.03 bits per heavy atom. The molecular weight excluding hydrogens is 440 g/mol. The lowest BCUT2D eigenvalue weighted by atomic mass is 10.00. The summed E-state index contributed by atoms with van der Waals surface area (Å²) in [6.07, 6.45) is 0. The number of carbonyl (C=O) groups excluding carboxylic acids is 2. The number of rotatable bonds is 6. The summed E-state index contributed by atoms with van der Waals surface area (Å²) in [5.74, 6) is -1.08. The molecule has 1 N–H and O–H groups in total. The molecule has 2 aliphatic heterocycles. The zero-order valence-electron chi connectivity index (χ0n) is 17.0. The number of carbonyl (C=O) groups is 2. The van der Waals surface area contributed by atoms with Crippen LogP contribution in [0.4, 0.5) is 0 Å². The van der Waals surface area contributed by atoms with Gasteiger partial charge in [-0.2, -0.15) is 0 Å². The third-order valence-electron chi connectivity index (χ3n) is 5.54. The molecule has 9 heteroatoms. The molecule has 0 saturated carbocycles. The Morgan fingerprint density at radius 1 is 1.26 bits per heavy atom. The fraction of sp³-hybridized carbons (Fsp3) is 0.364. The van der Waals surface area contributed by atoms with Crippen LogP contribution in [0.1, 0.15) is 16.5 Å². The molecule has 0 bridgehead atoms. The van der Waals surface area contributed by atoms with Crippen molar-refractivity contribution in [3.63, 3.8) is 0 Å². The Hall–Kier alpha value is -2.39. The van der Waals surface area contributed by atoms with E-state index in [1.165, 1.54) is 24.5 Å². The maximum atomic E-state index is 13.0. The first-order chi connectivity index (χ1) is 15.0. The molecule has 2 aromatic rings. The standard InChI is InChI=1S/C22H23ClN2O5S/c1-29-16-5-4-14(13-15(16)23)20(26)18-19(17-3-2-12-31-17)25(22(28)21(18)27)7-6-24-8-10-30-11-9-24/h2-5,12-13,19,26H,6-11H2,1H3/b20-18+/t19-/m1/s1. The maximum absolute atomic E-state index is 13.0. The third-order valence-corrected chi connectivity index (χ3v) is 6.76. The smallest absolute Gasteiger partial charge is 0.295 e. The van der Waals surface area contributed by atoms with E-state index in [1.807, 2.05) is 17.5 Å². The molecule has 1 amide bonds. The molecule has 31 heavy (non-hydrogen) atoms. The number of aliphatic hydroxyl groups excluding tert-OH is 1. The maximum Gasteiger partial charge on any atom is 0.295 e. The predicted molar refractivity (Wildman–Crippen MR) is 119 cm³/mol. The van der Waals surface area contributed by atoms with E-state index in [2.05, 4.69) is 4.90 Å². The lowest BCUT2D eigenvalue weighted by Gasteiger charge is -2.30. The lowest BCUT2D eigenvalue weighted by molar-refractivity contribution is -0.140. The van der Waals surface area contributed by atoms with Crippen LogP contribution in [0.3, 0.4) is 0 Å². The second kappa shape index (κ2) is 9.40. The van der Waals surface area contributed by atoms with Crippen molar-refractivity contribution in [1.29, 1.82) is 0 Å². The van der Waals surface area contributed by atoms with Gasteiger partial charge in [-0.05, 0) is 29.6 Å². The van der Waals surface area contributed by atoms with Crippen molar-refractivity contribution >= 4 is 40.4 Å². The molecule has 2 aliphatic rings. The monoisotopic (exact) mass is 462 g/mol. The Balaban J connectivity index is 1.70. The number of hydrogen-bond donors (Lipinski definition) is 1. The Morgan fingerprint density at radius 3 is 2.68 bits per heavy atom. The molecule has 0 spiro atoms. The molecule has 0 aliphatic carbocycles. The first kappa shape index (κ1) is 21.8.